The van der Waals surface area contributed by atoms with Crippen molar-refractivity contribution in [1.29, 1.82) is 0 Å². The van der Waals surface area contributed by atoms with Crippen molar-refractivity contribution >= 4 is 19.2 Å². The van der Waals surface area contributed by atoms with Crippen molar-refractivity contribution in [1.82, 2.24) is 0 Å². The quantitative estimate of drug-likeness (QED) is 0.374. The van der Waals surface area contributed by atoms with Gasteiger partial charge in [-0.15, -0.1) is 0 Å². The van der Waals surface area contributed by atoms with Crippen molar-refractivity contribution < 1.29 is 13.6 Å². The van der Waals surface area contributed by atoms with Gasteiger partial charge >= 0.3 is 8.25 Å². The Kier molecular flexibility index (Phi) is 9.43. The Morgan fingerprint density at radius 3 is 1.57 bits per heavy atom. The zero-order chi connectivity index (χ0) is 4.99. The topological polar surface area (TPSA) is 35.5 Å². The van der Waals surface area contributed by atoms with E-state index in [1.807, 2.05) is 0 Å². The fraction of sp³-hybridized carbons (Fsp3) is 1.00. The van der Waals surface area contributed by atoms with Gasteiger partial charge in [0, 0.05) is 14.2 Å². The SMILES string of the molecule is CO[PH](=O)OC.[SiH4]. The molecule has 46 valence electrons. The van der Waals surface area contributed by atoms with Crippen molar-refractivity contribution in [2.75, 3.05) is 14.2 Å². The summed E-state index contributed by atoms with van der Waals surface area (Å²) in [4.78, 5) is 0. The summed E-state index contributed by atoms with van der Waals surface area (Å²) in [5, 5.41) is 0. The lowest BCUT2D eigenvalue weighted by atomic mass is 11.8. The second-order valence-corrected chi connectivity index (χ2v) is 1.97. The smallest absolute Gasteiger partial charge is 0.314 e. The molecule has 0 aliphatic carbocycles. The Hall–Kier alpha value is 0.367. The van der Waals surface area contributed by atoms with Crippen molar-refractivity contribution in [2.45, 2.75) is 0 Å². The van der Waals surface area contributed by atoms with Gasteiger partial charge in [0.1, 0.15) is 0 Å². The highest BCUT2D eigenvalue weighted by molar-refractivity contribution is 7.33. The molecule has 0 aliphatic rings. The molecule has 0 atom stereocenters. The molecular weight excluding hydrogens is 131 g/mol. The highest BCUT2D eigenvalue weighted by atomic mass is 31.1. The van der Waals surface area contributed by atoms with E-state index in [1.54, 1.807) is 0 Å². The van der Waals surface area contributed by atoms with Crippen LogP contribution in [-0.4, -0.2) is 25.2 Å². The minimum Gasteiger partial charge on any atom is -0.314 e. The molecular formula is C2H11O3PSi. The molecule has 0 aliphatic heterocycles. The van der Waals surface area contributed by atoms with E-state index in [4.69, 9.17) is 0 Å². The number of rotatable bonds is 2. The molecule has 0 saturated carbocycles. The minimum atomic E-state index is -2.12. The van der Waals surface area contributed by atoms with Gasteiger partial charge in [-0.25, -0.2) is 0 Å². The molecule has 0 fully saturated rings. The molecule has 0 saturated heterocycles. The lowest BCUT2D eigenvalue weighted by molar-refractivity contribution is 0.302. The van der Waals surface area contributed by atoms with Crippen molar-refractivity contribution in [3.63, 3.8) is 0 Å². The van der Waals surface area contributed by atoms with Crippen LogP contribution in [0.3, 0.4) is 0 Å². The normalized spacial score (nSPS) is 8.43. The van der Waals surface area contributed by atoms with Crippen molar-refractivity contribution in [3.05, 3.63) is 0 Å². The third-order valence-electron chi connectivity index (χ3n) is 0.333. The summed E-state index contributed by atoms with van der Waals surface area (Å²) >= 11 is 0. The predicted molar refractivity (Wildman–Crippen MR) is 34.4 cm³/mol. The summed E-state index contributed by atoms with van der Waals surface area (Å²) in [5.41, 5.74) is 0. The zero-order valence-electron chi connectivity index (χ0n) is 3.72. The molecule has 0 aromatic carbocycles. The van der Waals surface area contributed by atoms with Gasteiger partial charge in [-0.1, -0.05) is 0 Å². The van der Waals surface area contributed by atoms with Crippen LogP contribution in [0.15, 0.2) is 0 Å². The first-order chi connectivity index (χ1) is 2.81. The van der Waals surface area contributed by atoms with E-state index < -0.39 is 8.25 Å². The Labute approximate surface area is 48.0 Å². The molecule has 0 rings (SSSR count). The van der Waals surface area contributed by atoms with Crippen LogP contribution in [0.25, 0.3) is 0 Å². The van der Waals surface area contributed by atoms with E-state index in [9.17, 15) is 4.57 Å². The Balaban J connectivity index is 0. The average molecular weight is 142 g/mol. The van der Waals surface area contributed by atoms with Crippen molar-refractivity contribution in [2.24, 2.45) is 0 Å². The van der Waals surface area contributed by atoms with E-state index in [1.165, 1.54) is 14.2 Å². The molecule has 0 unspecified atom stereocenters. The fourth-order valence-electron chi connectivity index (χ4n) is 0.0833. The van der Waals surface area contributed by atoms with Crippen LogP contribution < -0.4 is 0 Å². The maximum Gasteiger partial charge on any atom is 0.318 e. The molecule has 7 heavy (non-hydrogen) atoms. The van der Waals surface area contributed by atoms with Crippen LogP contribution in [0.2, 0.25) is 0 Å². The third kappa shape index (κ3) is 6.37. The molecule has 0 spiro atoms. The maximum absolute atomic E-state index is 9.92. The molecule has 0 heterocycles. The second kappa shape index (κ2) is 6.37. The summed E-state index contributed by atoms with van der Waals surface area (Å²) < 4.78 is 18.4. The van der Waals surface area contributed by atoms with Gasteiger partial charge in [0.2, 0.25) is 0 Å². The predicted octanol–water partition coefficient (Wildman–Crippen LogP) is -0.783. The van der Waals surface area contributed by atoms with Gasteiger partial charge in [-0.3, -0.25) is 4.57 Å². The van der Waals surface area contributed by atoms with Gasteiger partial charge in [-0.05, 0) is 11.0 Å². The third-order valence-corrected chi connectivity index (χ3v) is 1.00. The van der Waals surface area contributed by atoms with Crippen molar-refractivity contribution in [3.8, 4) is 0 Å². The zero-order valence-corrected chi connectivity index (χ0v) is 4.72. The minimum absolute atomic E-state index is 0. The molecule has 5 heteroatoms. The molecule has 0 bridgehead atoms. The van der Waals surface area contributed by atoms with E-state index in [-0.39, 0.29) is 11.0 Å². The first-order valence-corrected chi connectivity index (χ1v) is 2.65. The van der Waals surface area contributed by atoms with E-state index in [2.05, 4.69) is 9.05 Å². The monoisotopic (exact) mass is 142 g/mol. The summed E-state index contributed by atoms with van der Waals surface area (Å²) in [6, 6.07) is 0. The van der Waals surface area contributed by atoms with Gasteiger partial charge in [0.15, 0.2) is 0 Å². The van der Waals surface area contributed by atoms with Crippen LogP contribution in [0, 0.1) is 0 Å². The Morgan fingerprint density at radius 2 is 1.57 bits per heavy atom. The first kappa shape index (κ1) is 10.4. The van der Waals surface area contributed by atoms with Gasteiger partial charge < -0.3 is 9.05 Å². The molecule has 0 aromatic heterocycles. The lowest BCUT2D eigenvalue weighted by Crippen LogP contribution is -1.66. The van der Waals surface area contributed by atoms with Crippen LogP contribution in [-0.2, 0) is 13.6 Å². The maximum atomic E-state index is 9.92. The van der Waals surface area contributed by atoms with Crippen LogP contribution in [0.4, 0.5) is 0 Å². The summed E-state index contributed by atoms with van der Waals surface area (Å²) in [5.74, 6) is 0. The van der Waals surface area contributed by atoms with E-state index in [0.29, 0.717) is 0 Å². The van der Waals surface area contributed by atoms with Gasteiger partial charge in [0.25, 0.3) is 0 Å². The summed E-state index contributed by atoms with van der Waals surface area (Å²) in [6.45, 7) is 0. The molecule has 0 amide bonds. The highest BCUT2D eigenvalue weighted by Crippen LogP contribution is 2.18. The summed E-state index contributed by atoms with van der Waals surface area (Å²) in [6.07, 6.45) is 0. The standard InChI is InChI=1S/C2H7O3P.H4Si/c1-4-6(3)5-2;/h6H,1-2H3;1H4. The molecule has 0 radical (unpaired) electrons. The Bertz CT molecular complexity index is 50.9. The lowest BCUT2D eigenvalue weighted by Gasteiger charge is -1.89. The van der Waals surface area contributed by atoms with Crippen LogP contribution >= 0.6 is 8.25 Å². The highest BCUT2D eigenvalue weighted by Gasteiger charge is 1.83. The van der Waals surface area contributed by atoms with E-state index in [0.717, 1.165) is 0 Å². The summed E-state index contributed by atoms with van der Waals surface area (Å²) in [7, 11) is 0.558. The molecule has 3 nitrogen and oxygen atoms in total. The Morgan fingerprint density at radius 1 is 1.29 bits per heavy atom. The van der Waals surface area contributed by atoms with E-state index >= 15 is 0 Å². The second-order valence-electron chi connectivity index (χ2n) is 0.658. The number of hydrogen-bond donors (Lipinski definition) is 0. The largest absolute Gasteiger partial charge is 0.318 e. The first-order valence-electron chi connectivity index (χ1n) is 1.43. The van der Waals surface area contributed by atoms with Crippen LogP contribution in [0.5, 0.6) is 0 Å². The average Bonchev–Trinajstić information content (AvgIpc) is 1.65. The van der Waals surface area contributed by atoms with Gasteiger partial charge in [-0.2, -0.15) is 0 Å². The van der Waals surface area contributed by atoms with Crippen LogP contribution in [0.1, 0.15) is 0 Å². The fourth-order valence-corrected chi connectivity index (χ4v) is 0.250. The molecule has 0 aromatic rings. The van der Waals surface area contributed by atoms with Gasteiger partial charge in [0.05, 0.1) is 0 Å². The number of hydrogen-bond acceptors (Lipinski definition) is 3. The molecule has 0 N–H and O–H groups in total.